The molecule has 11 aromatic heterocycles. The van der Waals surface area contributed by atoms with Crippen molar-refractivity contribution in [2.45, 2.75) is 102 Å². The molecule has 0 atom stereocenters. The minimum Gasteiger partial charge on any atom is -1.00 e. The number of nitrogens with zero attached hydrogens (tertiary/aromatic N) is 16. The third-order valence-electron chi connectivity index (χ3n) is 12.6. The first-order chi connectivity index (χ1) is 42.0. The van der Waals surface area contributed by atoms with E-state index < -0.39 is 20.3 Å². The van der Waals surface area contributed by atoms with Crippen LogP contribution >= 0.6 is 79.0 Å². The molecule has 0 fully saturated rings. The van der Waals surface area contributed by atoms with Crippen molar-refractivity contribution < 1.29 is 43.3 Å². The first-order valence-corrected chi connectivity index (χ1v) is 34.1. The number of thiazole rings is 5. The predicted molar refractivity (Wildman–Crippen MR) is 366 cm³/mol. The van der Waals surface area contributed by atoms with Crippen LogP contribution in [-0.4, -0.2) is 131 Å². The smallest absolute Gasteiger partial charge is 1.00 e. The molecule has 92 heavy (non-hydrogen) atoms. The summed E-state index contributed by atoms with van der Waals surface area (Å²) in [5, 5.41) is 13.6. The molecule has 11 heterocycles. The Balaban J connectivity index is 0.000000383. The second-order valence-electron chi connectivity index (χ2n) is 19.7. The molecule has 0 saturated heterocycles. The second-order valence-corrected chi connectivity index (χ2v) is 29.3. The number of hydrogen-bond acceptors (Lipinski definition) is 24. The number of aromatic amines is 1. The Labute approximate surface area is 581 Å². The Morgan fingerprint density at radius 1 is 0.565 bits per heavy atom. The average molecular weight is 1430 g/mol. The molecule has 494 valence electrons. The Bertz CT molecular complexity index is 4680. The van der Waals surface area contributed by atoms with Gasteiger partial charge in [-0.15, -0.1) is 68.3 Å². The molecule has 11 aromatic rings. The number of aryl methyl sites for hydroxylation is 16. The zero-order chi connectivity index (χ0) is 67.5. The maximum Gasteiger partial charge on any atom is 1.00 e. The van der Waals surface area contributed by atoms with Crippen molar-refractivity contribution in [3.63, 3.8) is 0 Å². The van der Waals surface area contributed by atoms with Crippen molar-refractivity contribution in [1.82, 2.24) is 81.4 Å². The van der Waals surface area contributed by atoms with Gasteiger partial charge in [0.25, 0.3) is 16.7 Å². The number of carbonyl (C=O) groups is 1. The summed E-state index contributed by atoms with van der Waals surface area (Å²) >= 11 is 13.2. The number of ether oxygens (including phenoxy) is 1. The number of fused-ring (bicyclic) bond motifs is 3. The number of nitrogens with one attached hydrogen (secondary N) is 1. The van der Waals surface area contributed by atoms with E-state index in [2.05, 4.69) is 55.5 Å². The predicted octanol–water partition coefficient (Wildman–Crippen LogP) is 1.88. The van der Waals surface area contributed by atoms with Gasteiger partial charge < -0.3 is 25.0 Å². The average Bonchev–Trinajstić information content (AvgIpc) is 1.68. The maximum absolute atomic E-state index is 12.6. The van der Waals surface area contributed by atoms with Gasteiger partial charge in [-0.1, -0.05) is 0 Å². The topological polar surface area (TPSA) is 341 Å². The fourth-order valence-corrected chi connectivity index (χ4v) is 13.0. The number of rotatable bonds is 8. The van der Waals surface area contributed by atoms with Crippen LogP contribution in [0.25, 0.3) is 33.5 Å². The van der Waals surface area contributed by atoms with Gasteiger partial charge in [-0.25, -0.2) is 67.5 Å². The van der Waals surface area contributed by atoms with Gasteiger partial charge in [-0.05, 0) is 76.2 Å². The number of esters is 1. The normalized spacial score (nSPS) is 10.7. The molecule has 28 nitrogen and oxygen atoms in total. The molecule has 0 aliphatic rings. The number of halogens is 2. The molecule has 11 rings (SSSR count). The number of carbonyl (C=O) groups excluding carboxylic acids is 1. The van der Waals surface area contributed by atoms with Crippen molar-refractivity contribution in [2.75, 3.05) is 12.9 Å². The number of imidazole rings is 3. The Kier molecular flexibility index (Phi) is 30.2. The summed E-state index contributed by atoms with van der Waals surface area (Å²) in [5.74, 6) is 0.331. The molecule has 0 saturated carbocycles. The van der Waals surface area contributed by atoms with Crippen LogP contribution < -0.4 is 52.6 Å². The van der Waals surface area contributed by atoms with Crippen LogP contribution in [0.3, 0.4) is 0 Å². The zero-order valence-electron chi connectivity index (χ0n) is 54.7. The van der Waals surface area contributed by atoms with Gasteiger partial charge >= 0.3 is 41.9 Å². The fourth-order valence-electron chi connectivity index (χ4n) is 8.40. The SMILES string of the molecule is CCOC(=O)c1sc(C)nc1C.CS(=O)(=O)Cl.Cc1nc(C)c(CCl)s1.Cc1nc(C)c(CO)s1.Cc1nc(C)c(Cn2c(=O)c3c(ncn3C)n(C)c2=O)s1.Cc1nc(C)c(Cn2c(=O)c3c(ncn3C)n(C)c2=O)s1.Cn1cnc2c1c(=O)[nH]c(=O)n2C.[AlH3].[H-].[Li+]. The molecule has 0 spiro atoms. The molecule has 0 amide bonds. The summed E-state index contributed by atoms with van der Waals surface area (Å²) < 4.78 is 35.1. The summed E-state index contributed by atoms with van der Waals surface area (Å²) in [6, 6.07) is 0. The Morgan fingerprint density at radius 3 is 1.18 bits per heavy atom. The summed E-state index contributed by atoms with van der Waals surface area (Å²) in [5.41, 5.74) is 4.75. The van der Waals surface area contributed by atoms with Crippen LogP contribution in [0.2, 0.25) is 0 Å². The maximum atomic E-state index is 12.6. The minimum absolute atomic E-state index is 0. The fraction of sp³-hybridized carbons (Fsp3) is 0.426. The first kappa shape index (κ1) is 79.9. The molecule has 0 aromatic carbocycles. The monoisotopic (exact) mass is 1430 g/mol. The quantitative estimate of drug-likeness (QED) is 0.0949. The van der Waals surface area contributed by atoms with Crippen LogP contribution in [-0.2, 0) is 81.7 Å². The van der Waals surface area contributed by atoms with Crippen molar-refractivity contribution in [3.05, 3.63) is 159 Å². The number of H-pyrrole nitrogens is 1. The van der Waals surface area contributed by atoms with E-state index in [9.17, 15) is 42.0 Å². The summed E-state index contributed by atoms with van der Waals surface area (Å²) in [7, 11) is 11.3. The minimum atomic E-state index is -3.19. The third-order valence-corrected chi connectivity index (χ3v) is 18.3. The van der Waals surface area contributed by atoms with Crippen LogP contribution in [0, 0.1) is 69.2 Å². The number of aliphatic hydroxyl groups excluding tert-OH is 1. The molecule has 0 aliphatic carbocycles. The van der Waals surface area contributed by atoms with E-state index in [4.69, 9.17) is 21.4 Å². The van der Waals surface area contributed by atoms with Gasteiger partial charge in [0.2, 0.25) is 9.05 Å². The largest absolute Gasteiger partial charge is 1.00 e. The molecular weight excluding hydrogens is 1360 g/mol. The zero-order valence-corrected chi connectivity index (χ0v) is 60.1. The standard InChI is InChI=1S/2C13H15N5O2S.C8H11NO2S.C7H8N4O2.C6H8ClNS.C6H9NOS.CH3ClO2S.Al.Li.4H/c2*1-7-9(21-8(2)15-7)5-18-12(19)10-11(14-6-16(10)3)17(4)13(18)20;1-4-11-8(10)7-5(2)9-6(3)12-7;1-10-3-8-5-4(10)6(12)9-7(13)11(5)2;1-4-6(3-7)9-5(2)8-4;1-4-6(3-8)9-5(2)7-4;1-5(2,3)4;;;;;;/h2*6H,5H2,1-4H3;4H2,1-3H3;3H,1-2H3,(H,9,12,13);3H2,1-2H3;8H,3H2,1-2H3;1H3;;;;;;/q;;;;;;;;+1;;;;-1. The van der Waals surface area contributed by atoms with Gasteiger partial charge in [0.15, 0.2) is 50.9 Å². The first-order valence-electron chi connectivity index (χ1n) is 26.7. The molecular formula is C54H73AlCl2LiN17O11S6. The van der Waals surface area contributed by atoms with Crippen molar-refractivity contribution >= 4 is 145 Å². The molecule has 0 bridgehead atoms. The van der Waals surface area contributed by atoms with E-state index in [1.54, 1.807) is 85.6 Å². The van der Waals surface area contributed by atoms with E-state index in [0.717, 1.165) is 74.4 Å². The van der Waals surface area contributed by atoms with E-state index in [-0.39, 0.29) is 85.8 Å². The van der Waals surface area contributed by atoms with Gasteiger partial charge in [0, 0.05) is 67.6 Å². The number of alkyl halides is 1. The molecule has 38 heteroatoms. The van der Waals surface area contributed by atoms with Crippen LogP contribution in [0.4, 0.5) is 0 Å². The van der Waals surface area contributed by atoms with Gasteiger partial charge in [0.05, 0.1) is 116 Å². The summed E-state index contributed by atoms with van der Waals surface area (Å²) in [4.78, 5) is 124. The van der Waals surface area contributed by atoms with Crippen LogP contribution in [0.5, 0.6) is 0 Å². The van der Waals surface area contributed by atoms with Crippen molar-refractivity contribution in [1.29, 1.82) is 0 Å². The number of hydrogen-bond donors (Lipinski definition) is 2. The van der Waals surface area contributed by atoms with Gasteiger partial charge in [-0.3, -0.25) is 42.2 Å². The van der Waals surface area contributed by atoms with Crippen LogP contribution in [0.15, 0.2) is 47.7 Å². The molecule has 0 unspecified atom stereocenters. The molecule has 2 N–H and O–H groups in total. The number of aromatic nitrogens is 17. The summed E-state index contributed by atoms with van der Waals surface area (Å²) in [6.07, 6.45) is 5.50. The van der Waals surface area contributed by atoms with E-state index in [1.807, 2.05) is 69.2 Å². The van der Waals surface area contributed by atoms with Crippen molar-refractivity contribution in [3.8, 4) is 0 Å². The van der Waals surface area contributed by atoms with E-state index in [0.29, 0.717) is 50.9 Å². The van der Waals surface area contributed by atoms with E-state index in [1.165, 1.54) is 80.7 Å². The second kappa shape index (κ2) is 34.7. The molecule has 0 radical (unpaired) electrons. The van der Waals surface area contributed by atoms with Gasteiger partial charge in [0.1, 0.15) is 4.88 Å². The Morgan fingerprint density at radius 2 is 0.891 bits per heavy atom. The summed E-state index contributed by atoms with van der Waals surface area (Å²) in [6.45, 7) is 21.9. The molecule has 0 aliphatic heterocycles. The Hall–Kier alpha value is -6.31. The van der Waals surface area contributed by atoms with Crippen molar-refractivity contribution in [2.24, 2.45) is 42.3 Å². The van der Waals surface area contributed by atoms with Gasteiger partial charge in [-0.2, -0.15) is 0 Å². The third kappa shape index (κ3) is 20.3. The van der Waals surface area contributed by atoms with E-state index >= 15 is 0 Å². The number of aliphatic hydroxyl groups is 1. The van der Waals surface area contributed by atoms with Crippen LogP contribution in [0.1, 0.15) is 91.0 Å².